The minimum Gasteiger partial charge on any atom is -0.493 e. The van der Waals surface area contributed by atoms with E-state index in [4.69, 9.17) is 28.4 Å². The number of hydrogen-bond donors (Lipinski definition) is 0. The van der Waals surface area contributed by atoms with Crippen LogP contribution in [0.3, 0.4) is 0 Å². The molecule has 3 aromatic rings. The summed E-state index contributed by atoms with van der Waals surface area (Å²) in [6, 6.07) is 18.9. The van der Waals surface area contributed by atoms with Crippen molar-refractivity contribution >= 4 is 23.9 Å². The van der Waals surface area contributed by atoms with Gasteiger partial charge in [-0.15, -0.1) is 0 Å². The maximum Gasteiger partial charge on any atom is 0.343 e. The topological polar surface area (TPSA) is 124 Å². The lowest BCUT2D eigenvalue weighted by molar-refractivity contribution is -0.140. The molecule has 0 atom stereocenters. The van der Waals surface area contributed by atoms with Crippen molar-refractivity contribution in [2.24, 2.45) is 0 Å². The van der Waals surface area contributed by atoms with Crippen LogP contribution >= 0.6 is 0 Å². The Morgan fingerprint density at radius 1 is 0.500 bits per heavy atom. The molecule has 3 rings (SSSR count). The van der Waals surface area contributed by atoms with Crippen LogP contribution in [-0.2, 0) is 19.1 Å². The molecule has 0 aromatic heterocycles. The number of ether oxygens (including phenoxy) is 6. The molecule has 10 nitrogen and oxygen atoms in total. The van der Waals surface area contributed by atoms with E-state index in [-0.39, 0.29) is 24.7 Å². The lowest BCUT2D eigenvalue weighted by Crippen LogP contribution is -2.10. The van der Waals surface area contributed by atoms with Crippen molar-refractivity contribution in [2.45, 2.75) is 26.7 Å². The molecule has 0 saturated carbocycles. The van der Waals surface area contributed by atoms with Crippen LogP contribution in [0.25, 0.3) is 0 Å². The van der Waals surface area contributed by atoms with Crippen LogP contribution in [0.4, 0.5) is 0 Å². The second-order valence-corrected chi connectivity index (χ2v) is 9.54. The van der Waals surface area contributed by atoms with Crippen molar-refractivity contribution in [3.63, 3.8) is 0 Å². The Morgan fingerprint density at radius 2 is 0.818 bits per heavy atom. The molecule has 0 radical (unpaired) electrons. The number of carbonyl (C=O) groups is 4. The van der Waals surface area contributed by atoms with Gasteiger partial charge in [-0.3, -0.25) is 0 Å². The van der Waals surface area contributed by atoms with Crippen LogP contribution in [0.5, 0.6) is 23.0 Å². The van der Waals surface area contributed by atoms with Gasteiger partial charge in [-0.25, -0.2) is 19.2 Å². The van der Waals surface area contributed by atoms with E-state index in [1.54, 1.807) is 62.4 Å². The number of esters is 4. The molecule has 0 unspecified atom stereocenters. The minimum atomic E-state index is -0.566. The molecule has 3 aromatic carbocycles. The van der Waals surface area contributed by atoms with Gasteiger partial charge in [0.25, 0.3) is 0 Å². The Hall–Kier alpha value is -5.38. The Labute approximate surface area is 255 Å². The molecule has 0 aliphatic rings. The zero-order chi connectivity index (χ0) is 31.9. The molecule has 10 heteroatoms. The third kappa shape index (κ3) is 11.1. The van der Waals surface area contributed by atoms with Crippen LogP contribution in [0, 0.1) is 0 Å². The summed E-state index contributed by atoms with van der Waals surface area (Å²) in [5.41, 5.74) is 1.32. The van der Waals surface area contributed by atoms with Crippen molar-refractivity contribution < 1.29 is 47.6 Å². The third-order valence-electron chi connectivity index (χ3n) is 5.70. The first-order valence-electron chi connectivity index (χ1n) is 13.8. The molecule has 0 aliphatic heterocycles. The largest absolute Gasteiger partial charge is 0.493 e. The SMILES string of the molecule is C=C(C)C(=O)OCCCOc1ccc(C(=O)Oc2ccc(OC(=O)c3ccc(OCCCOC(=O)C(=C)C)cc3)cc2)cc1. The van der Waals surface area contributed by atoms with Crippen LogP contribution in [0.15, 0.2) is 97.1 Å². The molecule has 0 aliphatic carbocycles. The van der Waals surface area contributed by atoms with Crippen molar-refractivity contribution in [2.75, 3.05) is 26.4 Å². The number of rotatable bonds is 16. The average Bonchev–Trinajstić information content (AvgIpc) is 3.01. The highest BCUT2D eigenvalue weighted by atomic mass is 16.5. The first kappa shape index (κ1) is 33.1. The summed E-state index contributed by atoms with van der Waals surface area (Å²) in [4.78, 5) is 47.8. The smallest absolute Gasteiger partial charge is 0.343 e. The third-order valence-corrected chi connectivity index (χ3v) is 5.70. The summed E-state index contributed by atoms with van der Waals surface area (Å²) in [6.45, 7) is 11.3. The summed E-state index contributed by atoms with van der Waals surface area (Å²) in [7, 11) is 0. The van der Waals surface area contributed by atoms with Crippen molar-refractivity contribution in [1.29, 1.82) is 0 Å². The minimum absolute atomic E-state index is 0.219. The highest BCUT2D eigenvalue weighted by Gasteiger charge is 2.12. The second kappa shape index (κ2) is 16.9. The number of hydrogen-bond acceptors (Lipinski definition) is 10. The first-order valence-corrected chi connectivity index (χ1v) is 13.8. The molecule has 0 amide bonds. The Morgan fingerprint density at radius 3 is 1.14 bits per heavy atom. The molecule has 44 heavy (non-hydrogen) atoms. The quantitative estimate of drug-likeness (QED) is 0.0847. The standard InChI is InChI=1S/C34H34O10/c1-23(2)31(35)41-21-5-19-39-27-11-7-25(8-12-27)33(37)43-29-15-17-30(18-16-29)44-34(38)26-9-13-28(14-10-26)40-20-6-22-42-32(36)24(3)4/h7-18H,1,3,5-6,19-22H2,2,4H3. The Bertz CT molecular complexity index is 1340. The summed E-state index contributed by atoms with van der Waals surface area (Å²) in [5.74, 6) is -0.351. The van der Waals surface area contributed by atoms with Gasteiger partial charge in [-0.1, -0.05) is 13.2 Å². The summed E-state index contributed by atoms with van der Waals surface area (Å²) in [5, 5.41) is 0. The lowest BCUT2D eigenvalue weighted by atomic mass is 10.2. The molecule has 0 heterocycles. The van der Waals surface area contributed by atoms with Crippen LogP contribution in [0.2, 0.25) is 0 Å². The zero-order valence-electron chi connectivity index (χ0n) is 24.7. The van der Waals surface area contributed by atoms with E-state index in [1.807, 2.05) is 0 Å². The number of benzene rings is 3. The van der Waals surface area contributed by atoms with Gasteiger partial charge in [0.05, 0.1) is 37.6 Å². The highest BCUT2D eigenvalue weighted by molar-refractivity contribution is 5.92. The zero-order valence-corrected chi connectivity index (χ0v) is 24.7. The fraction of sp³-hybridized carbons (Fsp3) is 0.235. The van der Waals surface area contributed by atoms with Gasteiger partial charge in [0.1, 0.15) is 23.0 Å². The molecular weight excluding hydrogens is 568 g/mol. The van der Waals surface area contributed by atoms with E-state index in [0.29, 0.717) is 59.8 Å². The second-order valence-electron chi connectivity index (χ2n) is 9.54. The van der Waals surface area contributed by atoms with Gasteiger partial charge in [0, 0.05) is 24.0 Å². The maximum absolute atomic E-state index is 12.5. The fourth-order valence-electron chi connectivity index (χ4n) is 3.36. The fourth-order valence-corrected chi connectivity index (χ4v) is 3.36. The summed E-state index contributed by atoms with van der Waals surface area (Å²) in [6.07, 6.45) is 1.02. The predicted molar refractivity (Wildman–Crippen MR) is 161 cm³/mol. The average molecular weight is 603 g/mol. The van der Waals surface area contributed by atoms with E-state index in [2.05, 4.69) is 13.2 Å². The van der Waals surface area contributed by atoms with E-state index >= 15 is 0 Å². The van der Waals surface area contributed by atoms with E-state index in [1.165, 1.54) is 24.3 Å². The van der Waals surface area contributed by atoms with Gasteiger partial charge < -0.3 is 28.4 Å². The van der Waals surface area contributed by atoms with Gasteiger partial charge in [-0.2, -0.15) is 0 Å². The summed E-state index contributed by atoms with van der Waals surface area (Å²) < 4.78 is 32.0. The van der Waals surface area contributed by atoms with Crippen LogP contribution in [-0.4, -0.2) is 50.3 Å². The van der Waals surface area contributed by atoms with Gasteiger partial charge in [0.15, 0.2) is 0 Å². The van der Waals surface area contributed by atoms with Crippen LogP contribution in [0.1, 0.15) is 47.4 Å². The van der Waals surface area contributed by atoms with Gasteiger partial charge >= 0.3 is 23.9 Å². The predicted octanol–water partition coefficient (Wildman–Crippen LogP) is 5.90. The normalized spacial score (nSPS) is 10.2. The molecule has 0 fully saturated rings. The summed E-state index contributed by atoms with van der Waals surface area (Å²) >= 11 is 0. The Balaban J connectivity index is 1.39. The maximum atomic E-state index is 12.5. The van der Waals surface area contributed by atoms with Crippen LogP contribution < -0.4 is 18.9 Å². The van der Waals surface area contributed by atoms with Gasteiger partial charge in [0.2, 0.25) is 0 Å². The molecule has 0 saturated heterocycles. The molecule has 0 N–H and O–H groups in total. The van der Waals surface area contributed by atoms with Crippen molar-refractivity contribution in [1.82, 2.24) is 0 Å². The van der Waals surface area contributed by atoms with Crippen molar-refractivity contribution in [3.8, 4) is 23.0 Å². The Kier molecular flexibility index (Phi) is 12.7. The number of carbonyl (C=O) groups excluding carboxylic acids is 4. The molecular formula is C34H34O10. The first-order chi connectivity index (χ1) is 21.1. The molecule has 230 valence electrons. The van der Waals surface area contributed by atoms with Gasteiger partial charge in [-0.05, 0) is 86.6 Å². The molecule has 0 spiro atoms. The monoisotopic (exact) mass is 602 g/mol. The van der Waals surface area contributed by atoms with E-state index < -0.39 is 23.9 Å². The highest BCUT2D eigenvalue weighted by Crippen LogP contribution is 2.21. The molecule has 0 bridgehead atoms. The van der Waals surface area contributed by atoms with E-state index in [9.17, 15) is 19.2 Å². The van der Waals surface area contributed by atoms with Crippen molar-refractivity contribution in [3.05, 3.63) is 108 Å². The van der Waals surface area contributed by atoms with E-state index in [0.717, 1.165) is 0 Å². The lowest BCUT2D eigenvalue weighted by Gasteiger charge is -2.09.